The fraction of sp³-hybridized carbons (Fsp3) is 0.857. The number of hydrogen-bond acceptors (Lipinski definition) is 3. The number of nitrogens with zero attached hydrogens (tertiary/aromatic N) is 2. The minimum absolute atomic E-state index is 0.245. The van der Waals surface area contributed by atoms with Crippen LogP contribution in [0.3, 0.4) is 0 Å². The summed E-state index contributed by atoms with van der Waals surface area (Å²) in [4.78, 5) is 6.80. The molecule has 0 fully saturated rings. The van der Waals surface area contributed by atoms with E-state index in [2.05, 4.69) is 16.5 Å². The molecule has 0 saturated carbocycles. The van der Waals surface area contributed by atoms with Gasteiger partial charge in [-0.1, -0.05) is 70.3 Å². The first-order valence-corrected chi connectivity index (χ1v) is 10.4. The minimum atomic E-state index is 0.245. The quantitative estimate of drug-likeness (QED) is 0.287. The first-order valence-electron chi connectivity index (χ1n) is 10.4. The van der Waals surface area contributed by atoms with E-state index in [4.69, 9.17) is 5.11 Å². The van der Waals surface area contributed by atoms with E-state index < -0.39 is 0 Å². The van der Waals surface area contributed by atoms with E-state index in [9.17, 15) is 0 Å². The van der Waals surface area contributed by atoms with Crippen LogP contribution in [0.5, 0.6) is 0 Å². The topological polar surface area (TPSA) is 35.8 Å². The number of unbranched alkanes of at least 4 members (excludes halogenated alkanes) is 12. The molecule has 0 aromatic rings. The molecule has 0 radical (unpaired) electrons. The number of aliphatic hydroxyl groups is 1. The second kappa shape index (κ2) is 15.8. The number of rotatable bonds is 17. The summed E-state index contributed by atoms with van der Waals surface area (Å²) in [7, 11) is 0. The molecule has 1 atom stereocenters. The van der Waals surface area contributed by atoms with Crippen LogP contribution in [0.25, 0.3) is 0 Å². The first kappa shape index (κ1) is 21.4. The second-order valence-electron chi connectivity index (χ2n) is 7.14. The largest absolute Gasteiger partial charge is 0.395 e. The predicted molar refractivity (Wildman–Crippen MR) is 106 cm³/mol. The normalized spacial score (nSPS) is 17.6. The van der Waals surface area contributed by atoms with E-state index >= 15 is 0 Å². The van der Waals surface area contributed by atoms with Crippen molar-refractivity contribution in [3.8, 4) is 0 Å². The van der Waals surface area contributed by atoms with Crippen molar-refractivity contribution in [3.05, 3.63) is 12.7 Å². The SMILES string of the molecule is C=CCCCCCCCCCCCCCCC1N=CCN1CCO. The molecular formula is C21H40N2O. The van der Waals surface area contributed by atoms with Crippen molar-refractivity contribution in [1.29, 1.82) is 0 Å². The summed E-state index contributed by atoms with van der Waals surface area (Å²) in [6.45, 7) is 5.69. The van der Waals surface area contributed by atoms with Crippen molar-refractivity contribution < 1.29 is 5.11 Å². The molecule has 3 heteroatoms. The third-order valence-electron chi connectivity index (χ3n) is 5.02. The van der Waals surface area contributed by atoms with E-state index in [1.54, 1.807) is 0 Å². The van der Waals surface area contributed by atoms with Gasteiger partial charge in [-0.3, -0.25) is 9.89 Å². The number of β-amino-alcohol motifs (C(OH)–C–C–N with tert-alkyl or cyclic N) is 1. The van der Waals surface area contributed by atoms with Gasteiger partial charge in [0, 0.05) is 19.3 Å². The van der Waals surface area contributed by atoms with Gasteiger partial charge in [-0.05, 0) is 25.7 Å². The summed E-state index contributed by atoms with van der Waals surface area (Å²) in [5.41, 5.74) is 0. The van der Waals surface area contributed by atoms with Crippen LogP contribution in [0.1, 0.15) is 89.9 Å². The molecule has 1 heterocycles. The van der Waals surface area contributed by atoms with Crippen LogP contribution < -0.4 is 0 Å². The molecule has 0 aromatic heterocycles. The molecule has 140 valence electrons. The molecule has 1 aliphatic rings. The second-order valence-corrected chi connectivity index (χ2v) is 7.14. The highest BCUT2D eigenvalue weighted by Gasteiger charge is 2.19. The zero-order valence-corrected chi connectivity index (χ0v) is 15.8. The third-order valence-corrected chi connectivity index (χ3v) is 5.02. The van der Waals surface area contributed by atoms with Gasteiger partial charge >= 0.3 is 0 Å². The Morgan fingerprint density at radius 1 is 0.917 bits per heavy atom. The van der Waals surface area contributed by atoms with Gasteiger partial charge in [0.15, 0.2) is 0 Å². The zero-order chi connectivity index (χ0) is 17.3. The number of hydrogen-bond donors (Lipinski definition) is 1. The monoisotopic (exact) mass is 336 g/mol. The van der Waals surface area contributed by atoms with Crippen LogP contribution in [0.2, 0.25) is 0 Å². The molecule has 0 aliphatic carbocycles. The highest BCUT2D eigenvalue weighted by molar-refractivity contribution is 5.62. The molecule has 0 spiro atoms. The zero-order valence-electron chi connectivity index (χ0n) is 15.8. The van der Waals surface area contributed by atoms with Crippen molar-refractivity contribution in [1.82, 2.24) is 4.90 Å². The van der Waals surface area contributed by atoms with Crippen molar-refractivity contribution in [2.75, 3.05) is 19.7 Å². The Kier molecular flexibility index (Phi) is 14.1. The Morgan fingerprint density at radius 3 is 2.00 bits per heavy atom. The standard InChI is InChI=1S/C21H40N2O/c1-2-3-4-5-6-7-8-9-10-11-12-13-14-15-16-21-22-17-18-23(21)19-20-24/h2,17,21,24H,1,3-16,18-20H2. The molecule has 1 unspecified atom stereocenters. The van der Waals surface area contributed by atoms with Gasteiger partial charge in [-0.2, -0.15) is 0 Å². The van der Waals surface area contributed by atoms with Gasteiger partial charge in [0.1, 0.15) is 6.17 Å². The molecule has 0 bridgehead atoms. The summed E-state index contributed by atoms with van der Waals surface area (Å²) >= 11 is 0. The van der Waals surface area contributed by atoms with Gasteiger partial charge < -0.3 is 5.11 Å². The summed E-state index contributed by atoms with van der Waals surface area (Å²) < 4.78 is 0. The molecule has 24 heavy (non-hydrogen) atoms. The Bertz CT molecular complexity index is 317. The third kappa shape index (κ3) is 11.0. The minimum Gasteiger partial charge on any atom is -0.395 e. The van der Waals surface area contributed by atoms with Gasteiger partial charge in [0.05, 0.1) is 6.61 Å². The van der Waals surface area contributed by atoms with Gasteiger partial charge in [-0.15, -0.1) is 6.58 Å². The fourth-order valence-electron chi connectivity index (χ4n) is 3.50. The molecule has 0 saturated heterocycles. The average Bonchev–Trinajstić information content (AvgIpc) is 3.03. The van der Waals surface area contributed by atoms with Crippen LogP contribution in [-0.4, -0.2) is 42.1 Å². The van der Waals surface area contributed by atoms with E-state index in [-0.39, 0.29) is 6.61 Å². The highest BCUT2D eigenvalue weighted by Crippen LogP contribution is 2.16. The van der Waals surface area contributed by atoms with Crippen molar-refractivity contribution in [2.24, 2.45) is 4.99 Å². The lowest BCUT2D eigenvalue weighted by Crippen LogP contribution is -2.32. The molecule has 3 nitrogen and oxygen atoms in total. The summed E-state index contributed by atoms with van der Waals surface area (Å²) in [5, 5.41) is 9.04. The number of allylic oxidation sites excluding steroid dienone is 1. The highest BCUT2D eigenvalue weighted by atomic mass is 16.3. The molecule has 0 aromatic carbocycles. The van der Waals surface area contributed by atoms with Crippen molar-refractivity contribution in [3.63, 3.8) is 0 Å². The Hall–Kier alpha value is -0.670. The smallest absolute Gasteiger partial charge is 0.102 e. The van der Waals surface area contributed by atoms with E-state index in [1.807, 2.05) is 12.3 Å². The lowest BCUT2D eigenvalue weighted by molar-refractivity contribution is 0.176. The first-order chi connectivity index (χ1) is 11.9. The van der Waals surface area contributed by atoms with Crippen LogP contribution >= 0.6 is 0 Å². The molecule has 1 rings (SSSR count). The Balaban J connectivity index is 1.78. The predicted octanol–water partition coefficient (Wildman–Crippen LogP) is 5.34. The van der Waals surface area contributed by atoms with Gasteiger partial charge in [-0.25, -0.2) is 0 Å². The van der Waals surface area contributed by atoms with Crippen molar-refractivity contribution >= 4 is 6.21 Å². The molecule has 1 aliphatic heterocycles. The lowest BCUT2D eigenvalue weighted by atomic mass is 10.0. The molecule has 1 N–H and O–H groups in total. The van der Waals surface area contributed by atoms with Crippen LogP contribution in [0.4, 0.5) is 0 Å². The lowest BCUT2D eigenvalue weighted by Gasteiger charge is -2.21. The van der Waals surface area contributed by atoms with E-state index in [0.29, 0.717) is 6.17 Å². The molecular weight excluding hydrogens is 296 g/mol. The summed E-state index contributed by atoms with van der Waals surface area (Å²) in [5.74, 6) is 0. The van der Waals surface area contributed by atoms with Gasteiger partial charge in [0.25, 0.3) is 0 Å². The number of aliphatic imine (C=N–C) groups is 1. The maximum Gasteiger partial charge on any atom is 0.102 e. The summed E-state index contributed by atoms with van der Waals surface area (Å²) in [6, 6.07) is 0. The fourth-order valence-corrected chi connectivity index (χ4v) is 3.50. The Labute approximate surface area is 150 Å². The van der Waals surface area contributed by atoms with Crippen LogP contribution in [0.15, 0.2) is 17.6 Å². The molecule has 0 amide bonds. The number of aliphatic hydroxyl groups excluding tert-OH is 1. The maximum absolute atomic E-state index is 9.04. The maximum atomic E-state index is 9.04. The van der Waals surface area contributed by atoms with Crippen LogP contribution in [0, 0.1) is 0 Å². The average molecular weight is 337 g/mol. The Morgan fingerprint density at radius 2 is 1.46 bits per heavy atom. The van der Waals surface area contributed by atoms with E-state index in [1.165, 1.54) is 83.5 Å². The van der Waals surface area contributed by atoms with E-state index in [0.717, 1.165) is 19.5 Å². The van der Waals surface area contributed by atoms with Crippen molar-refractivity contribution in [2.45, 2.75) is 96.1 Å². The van der Waals surface area contributed by atoms with Crippen LogP contribution in [-0.2, 0) is 0 Å². The summed E-state index contributed by atoms with van der Waals surface area (Å²) in [6.07, 6.45) is 23.3. The van der Waals surface area contributed by atoms with Gasteiger partial charge in [0.2, 0.25) is 0 Å².